The molecule has 1 aliphatic rings. The van der Waals surface area contributed by atoms with Crippen LogP contribution in [0.15, 0.2) is 77.4 Å². The summed E-state index contributed by atoms with van der Waals surface area (Å²) < 4.78 is 7.22. The summed E-state index contributed by atoms with van der Waals surface area (Å²) in [7, 11) is 0. The van der Waals surface area contributed by atoms with Gasteiger partial charge in [-0.2, -0.15) is 0 Å². The number of benzene rings is 2. The second kappa shape index (κ2) is 11.9. The molecule has 37 heavy (non-hydrogen) atoms. The predicted octanol–water partition coefficient (Wildman–Crippen LogP) is 5.35. The van der Waals surface area contributed by atoms with Crippen molar-refractivity contribution in [3.05, 3.63) is 90.1 Å². The van der Waals surface area contributed by atoms with E-state index in [0.717, 1.165) is 35.3 Å². The Bertz CT molecular complexity index is 1310. The number of furan rings is 1. The van der Waals surface area contributed by atoms with Gasteiger partial charge < -0.3 is 19.2 Å². The fraction of sp³-hybridized carbons (Fsp3) is 0.367. The number of carbonyl (C=O) groups is 2. The highest BCUT2D eigenvalue weighted by molar-refractivity contribution is 5.91. The zero-order valence-corrected chi connectivity index (χ0v) is 21.1. The van der Waals surface area contributed by atoms with Crippen LogP contribution in [-0.2, 0) is 24.3 Å². The third-order valence-corrected chi connectivity index (χ3v) is 7.17. The Morgan fingerprint density at radius 3 is 2.54 bits per heavy atom. The first-order valence-electron chi connectivity index (χ1n) is 13.3. The fourth-order valence-corrected chi connectivity index (χ4v) is 5.26. The highest BCUT2D eigenvalue weighted by Crippen LogP contribution is 2.25. The number of para-hydroxylation sites is 2. The summed E-state index contributed by atoms with van der Waals surface area (Å²) in [6, 6.07) is 21.9. The van der Waals surface area contributed by atoms with Gasteiger partial charge in [0.15, 0.2) is 5.76 Å². The molecule has 2 aromatic heterocycles. The SMILES string of the molecule is O=C(NCCCc1nc2ccccc2n1CC(=O)N(Cc1ccccc1)C1CCCCC1)c1ccco1. The number of amides is 2. The molecule has 0 saturated heterocycles. The molecular weight excluding hydrogens is 464 g/mol. The molecular formula is C30H34N4O3. The first-order chi connectivity index (χ1) is 18.2. The van der Waals surface area contributed by atoms with Gasteiger partial charge in [0.1, 0.15) is 12.4 Å². The van der Waals surface area contributed by atoms with Gasteiger partial charge in [0.05, 0.1) is 17.3 Å². The molecule has 2 aromatic carbocycles. The first kappa shape index (κ1) is 24.8. The number of imidazole rings is 1. The van der Waals surface area contributed by atoms with E-state index in [-0.39, 0.29) is 24.4 Å². The molecule has 2 amide bonds. The topological polar surface area (TPSA) is 80.4 Å². The highest BCUT2D eigenvalue weighted by Gasteiger charge is 2.27. The number of hydrogen-bond acceptors (Lipinski definition) is 4. The molecule has 0 radical (unpaired) electrons. The summed E-state index contributed by atoms with van der Waals surface area (Å²) in [6.07, 6.45) is 8.57. The van der Waals surface area contributed by atoms with E-state index >= 15 is 0 Å². The lowest BCUT2D eigenvalue weighted by atomic mass is 9.93. The van der Waals surface area contributed by atoms with Gasteiger partial charge in [-0.25, -0.2) is 4.98 Å². The molecule has 0 aliphatic heterocycles. The van der Waals surface area contributed by atoms with Crippen LogP contribution >= 0.6 is 0 Å². The van der Waals surface area contributed by atoms with Crippen LogP contribution in [0.25, 0.3) is 11.0 Å². The minimum Gasteiger partial charge on any atom is -0.459 e. The van der Waals surface area contributed by atoms with E-state index in [1.54, 1.807) is 12.1 Å². The van der Waals surface area contributed by atoms with Crippen LogP contribution < -0.4 is 5.32 Å². The average molecular weight is 499 g/mol. The number of fused-ring (bicyclic) bond motifs is 1. The molecule has 192 valence electrons. The molecule has 4 aromatic rings. The summed E-state index contributed by atoms with van der Waals surface area (Å²) in [6.45, 7) is 1.39. The predicted molar refractivity (Wildman–Crippen MR) is 143 cm³/mol. The molecule has 0 bridgehead atoms. The van der Waals surface area contributed by atoms with Crippen LogP contribution in [0.3, 0.4) is 0 Å². The van der Waals surface area contributed by atoms with Crippen molar-refractivity contribution in [3.63, 3.8) is 0 Å². The van der Waals surface area contributed by atoms with Gasteiger partial charge in [0, 0.05) is 25.6 Å². The molecule has 5 rings (SSSR count). The zero-order chi connectivity index (χ0) is 25.5. The molecule has 0 atom stereocenters. The van der Waals surface area contributed by atoms with E-state index in [1.807, 2.05) is 42.5 Å². The first-order valence-corrected chi connectivity index (χ1v) is 13.3. The van der Waals surface area contributed by atoms with Gasteiger partial charge >= 0.3 is 0 Å². The maximum atomic E-state index is 13.9. The Morgan fingerprint density at radius 2 is 1.76 bits per heavy atom. The summed E-state index contributed by atoms with van der Waals surface area (Å²) >= 11 is 0. The van der Waals surface area contributed by atoms with Crippen molar-refractivity contribution in [3.8, 4) is 0 Å². The zero-order valence-electron chi connectivity index (χ0n) is 21.1. The Balaban J connectivity index is 1.31. The van der Waals surface area contributed by atoms with Crippen LogP contribution in [0.2, 0.25) is 0 Å². The number of hydrogen-bond donors (Lipinski definition) is 1. The Hall–Kier alpha value is -3.87. The average Bonchev–Trinajstić information content (AvgIpc) is 3.60. The lowest BCUT2D eigenvalue weighted by molar-refractivity contribution is -0.135. The minimum atomic E-state index is -0.224. The maximum absolute atomic E-state index is 13.9. The number of carbonyl (C=O) groups excluding carboxylic acids is 2. The third-order valence-electron chi connectivity index (χ3n) is 7.17. The quantitative estimate of drug-likeness (QED) is 0.299. The van der Waals surface area contributed by atoms with E-state index in [2.05, 4.69) is 26.9 Å². The monoisotopic (exact) mass is 498 g/mol. The van der Waals surface area contributed by atoms with Crippen LogP contribution in [0.4, 0.5) is 0 Å². The van der Waals surface area contributed by atoms with Crippen molar-refractivity contribution in [2.24, 2.45) is 0 Å². The van der Waals surface area contributed by atoms with Gasteiger partial charge in [-0.3, -0.25) is 9.59 Å². The van der Waals surface area contributed by atoms with Crippen LogP contribution in [0, 0.1) is 0 Å². The molecule has 0 unspecified atom stereocenters. The van der Waals surface area contributed by atoms with Crippen molar-refractivity contribution in [1.82, 2.24) is 19.8 Å². The number of aromatic nitrogens is 2. The standard InChI is InChI=1S/C30H34N4O3/c35-29(33(24-13-5-2-6-14-24)21-23-11-3-1-4-12-23)22-34-26-16-8-7-15-25(26)32-28(34)18-9-19-31-30(36)27-17-10-20-37-27/h1,3-4,7-8,10-12,15-17,20,24H,2,5-6,9,13-14,18-19,21-22H2,(H,31,36). The second-order valence-corrected chi connectivity index (χ2v) is 9.74. The summed E-state index contributed by atoms with van der Waals surface area (Å²) in [5.41, 5.74) is 3.01. The second-order valence-electron chi connectivity index (χ2n) is 9.74. The van der Waals surface area contributed by atoms with E-state index < -0.39 is 0 Å². The number of nitrogens with zero attached hydrogens (tertiary/aromatic N) is 3. The fourth-order valence-electron chi connectivity index (χ4n) is 5.26. The van der Waals surface area contributed by atoms with Gasteiger partial charge in [-0.15, -0.1) is 0 Å². The normalized spacial score (nSPS) is 14.1. The molecule has 1 saturated carbocycles. The molecule has 1 fully saturated rings. The Labute approximate surface area is 217 Å². The van der Waals surface area contributed by atoms with Crippen molar-refractivity contribution in [2.75, 3.05) is 6.54 Å². The minimum absolute atomic E-state index is 0.131. The molecule has 1 aliphatic carbocycles. The van der Waals surface area contributed by atoms with Gasteiger partial charge in [-0.1, -0.05) is 61.7 Å². The van der Waals surface area contributed by atoms with E-state index in [1.165, 1.54) is 25.5 Å². The Kier molecular flexibility index (Phi) is 7.99. The van der Waals surface area contributed by atoms with Gasteiger partial charge in [-0.05, 0) is 49.1 Å². The van der Waals surface area contributed by atoms with Crippen LogP contribution in [0.5, 0.6) is 0 Å². The van der Waals surface area contributed by atoms with E-state index in [0.29, 0.717) is 31.7 Å². The summed E-state index contributed by atoms with van der Waals surface area (Å²) in [5.74, 6) is 1.08. The number of nitrogens with one attached hydrogen (secondary N) is 1. The molecule has 1 N–H and O–H groups in total. The lowest BCUT2D eigenvalue weighted by Gasteiger charge is -2.35. The maximum Gasteiger partial charge on any atom is 0.286 e. The lowest BCUT2D eigenvalue weighted by Crippen LogP contribution is -2.42. The van der Waals surface area contributed by atoms with Crippen molar-refractivity contribution < 1.29 is 14.0 Å². The number of rotatable bonds is 10. The molecule has 7 heteroatoms. The highest BCUT2D eigenvalue weighted by atomic mass is 16.3. The van der Waals surface area contributed by atoms with Crippen molar-refractivity contribution in [2.45, 2.75) is 64.1 Å². The van der Waals surface area contributed by atoms with Crippen molar-refractivity contribution >= 4 is 22.8 Å². The van der Waals surface area contributed by atoms with E-state index in [9.17, 15) is 9.59 Å². The smallest absolute Gasteiger partial charge is 0.286 e. The van der Waals surface area contributed by atoms with Crippen molar-refractivity contribution in [1.29, 1.82) is 0 Å². The summed E-state index contributed by atoms with van der Waals surface area (Å²) in [5, 5.41) is 2.89. The van der Waals surface area contributed by atoms with E-state index in [4.69, 9.17) is 9.40 Å². The van der Waals surface area contributed by atoms with Gasteiger partial charge in [0.25, 0.3) is 5.91 Å². The third kappa shape index (κ3) is 6.10. The summed E-state index contributed by atoms with van der Waals surface area (Å²) in [4.78, 5) is 33.0. The molecule has 0 spiro atoms. The molecule has 7 nitrogen and oxygen atoms in total. The van der Waals surface area contributed by atoms with Crippen LogP contribution in [-0.4, -0.2) is 38.9 Å². The molecule has 2 heterocycles. The Morgan fingerprint density at radius 1 is 0.973 bits per heavy atom. The largest absolute Gasteiger partial charge is 0.459 e. The number of aryl methyl sites for hydroxylation is 1. The van der Waals surface area contributed by atoms with Crippen LogP contribution in [0.1, 0.15) is 60.5 Å². The van der Waals surface area contributed by atoms with Gasteiger partial charge in [0.2, 0.25) is 5.91 Å².